The lowest BCUT2D eigenvalue weighted by molar-refractivity contribution is -0.117. The number of hydrogen-bond acceptors (Lipinski definition) is 4. The summed E-state index contributed by atoms with van der Waals surface area (Å²) in [5, 5.41) is 7.23. The number of rotatable bonds is 4. The molecule has 0 spiro atoms. The van der Waals surface area contributed by atoms with Gasteiger partial charge in [0, 0.05) is 11.2 Å². The van der Waals surface area contributed by atoms with E-state index in [0.29, 0.717) is 22.1 Å². The Labute approximate surface area is 136 Å². The van der Waals surface area contributed by atoms with E-state index in [9.17, 15) is 9.59 Å². The molecule has 0 aliphatic heterocycles. The highest BCUT2D eigenvalue weighted by Crippen LogP contribution is 2.27. The van der Waals surface area contributed by atoms with Gasteiger partial charge in [-0.05, 0) is 30.3 Å². The van der Waals surface area contributed by atoms with Gasteiger partial charge in [0.25, 0.3) is 0 Å². The van der Waals surface area contributed by atoms with Gasteiger partial charge in [0.2, 0.25) is 5.91 Å². The highest BCUT2D eigenvalue weighted by Gasteiger charge is 2.12. The molecule has 0 radical (unpaired) electrons. The van der Waals surface area contributed by atoms with Crippen LogP contribution >= 0.6 is 11.6 Å². The van der Waals surface area contributed by atoms with Gasteiger partial charge in [0.05, 0.1) is 12.8 Å². The highest BCUT2D eigenvalue weighted by atomic mass is 35.5. The topological polar surface area (TPSA) is 77.6 Å². The number of anilines is 1. The zero-order chi connectivity index (χ0) is 16.4. The number of carbonyl (C=O) groups is 1. The van der Waals surface area contributed by atoms with Crippen LogP contribution in [0.4, 0.5) is 5.69 Å². The monoisotopic (exact) mass is 332 g/mol. The number of nitrogens with zero attached hydrogens (tertiary/aromatic N) is 3. The van der Waals surface area contributed by atoms with Crippen LogP contribution < -0.4 is 15.7 Å². The Hall–Kier alpha value is -2.80. The lowest BCUT2D eigenvalue weighted by atomic mass is 10.3. The van der Waals surface area contributed by atoms with Gasteiger partial charge in [0.15, 0.2) is 5.65 Å². The van der Waals surface area contributed by atoms with Crippen LogP contribution in [0.25, 0.3) is 5.65 Å². The van der Waals surface area contributed by atoms with Crippen molar-refractivity contribution >= 4 is 28.8 Å². The first-order valence-electron chi connectivity index (χ1n) is 6.76. The minimum Gasteiger partial charge on any atom is -0.495 e. The van der Waals surface area contributed by atoms with Crippen molar-refractivity contribution in [3.05, 3.63) is 58.1 Å². The second-order valence-electron chi connectivity index (χ2n) is 4.76. The number of pyridine rings is 1. The Balaban J connectivity index is 1.83. The molecule has 0 aliphatic rings. The third kappa shape index (κ3) is 3.04. The first-order chi connectivity index (χ1) is 11.1. The zero-order valence-corrected chi connectivity index (χ0v) is 12.9. The van der Waals surface area contributed by atoms with Crippen molar-refractivity contribution in [2.45, 2.75) is 6.54 Å². The van der Waals surface area contributed by atoms with Crippen molar-refractivity contribution in [3.63, 3.8) is 0 Å². The number of hydrogen-bond donors (Lipinski definition) is 1. The number of halogens is 1. The molecule has 2 heterocycles. The molecule has 0 saturated carbocycles. The summed E-state index contributed by atoms with van der Waals surface area (Å²) in [4.78, 5) is 24.3. The summed E-state index contributed by atoms with van der Waals surface area (Å²) < 4.78 is 7.63. The zero-order valence-electron chi connectivity index (χ0n) is 12.2. The van der Waals surface area contributed by atoms with Crippen molar-refractivity contribution in [3.8, 4) is 5.75 Å². The maximum atomic E-state index is 12.2. The summed E-state index contributed by atoms with van der Waals surface area (Å²) in [6, 6.07) is 10.1. The summed E-state index contributed by atoms with van der Waals surface area (Å²) in [7, 11) is 1.49. The minimum absolute atomic E-state index is 0.212. The Morgan fingerprint density at radius 1 is 1.35 bits per heavy atom. The summed E-state index contributed by atoms with van der Waals surface area (Å²) in [6.45, 7) is -0.212. The summed E-state index contributed by atoms with van der Waals surface area (Å²) in [5.41, 5.74) is 0.529. The van der Waals surface area contributed by atoms with Crippen LogP contribution in [-0.2, 0) is 11.3 Å². The number of fused-ring (bicyclic) bond motifs is 1. The average Bonchev–Trinajstić information content (AvgIpc) is 2.84. The van der Waals surface area contributed by atoms with Gasteiger partial charge in [-0.3, -0.25) is 9.20 Å². The molecule has 23 heavy (non-hydrogen) atoms. The lowest BCUT2D eigenvalue weighted by Gasteiger charge is -2.10. The van der Waals surface area contributed by atoms with Crippen LogP contribution in [0.2, 0.25) is 5.02 Å². The third-order valence-corrected chi connectivity index (χ3v) is 3.45. The van der Waals surface area contributed by atoms with Crippen molar-refractivity contribution in [2.75, 3.05) is 12.4 Å². The van der Waals surface area contributed by atoms with Gasteiger partial charge in [-0.25, -0.2) is 9.48 Å². The van der Waals surface area contributed by atoms with Gasteiger partial charge in [-0.15, -0.1) is 5.10 Å². The molecule has 3 rings (SSSR count). The standard InChI is InChI=1S/C15H13ClN4O3/c1-23-12-6-5-10(16)8-11(12)17-14(21)9-20-15(22)19-7-3-2-4-13(19)18-20/h2-8H,9H2,1H3,(H,17,21). The molecule has 1 amide bonds. The molecular weight excluding hydrogens is 320 g/mol. The van der Waals surface area contributed by atoms with Crippen LogP contribution in [-0.4, -0.2) is 27.2 Å². The predicted octanol–water partition coefficient (Wildman–Crippen LogP) is 1.80. The quantitative estimate of drug-likeness (QED) is 0.790. The second-order valence-corrected chi connectivity index (χ2v) is 5.20. The normalized spacial score (nSPS) is 10.7. The van der Waals surface area contributed by atoms with Crippen LogP contribution in [0.5, 0.6) is 5.75 Å². The average molecular weight is 333 g/mol. The summed E-state index contributed by atoms with van der Waals surface area (Å²) in [6.07, 6.45) is 1.60. The molecule has 3 aromatic rings. The predicted molar refractivity (Wildman–Crippen MR) is 86.1 cm³/mol. The first-order valence-corrected chi connectivity index (χ1v) is 7.14. The Bertz CT molecular complexity index is 932. The first kappa shape index (κ1) is 15.1. The van der Waals surface area contributed by atoms with E-state index in [1.54, 1.807) is 42.6 Å². The van der Waals surface area contributed by atoms with Crippen LogP contribution in [0, 0.1) is 0 Å². The van der Waals surface area contributed by atoms with Gasteiger partial charge < -0.3 is 10.1 Å². The minimum atomic E-state index is -0.406. The summed E-state index contributed by atoms with van der Waals surface area (Å²) >= 11 is 5.92. The Morgan fingerprint density at radius 2 is 2.17 bits per heavy atom. The van der Waals surface area contributed by atoms with E-state index in [-0.39, 0.29) is 12.2 Å². The lowest BCUT2D eigenvalue weighted by Crippen LogP contribution is -2.28. The third-order valence-electron chi connectivity index (χ3n) is 3.22. The largest absolute Gasteiger partial charge is 0.495 e. The number of benzene rings is 1. The van der Waals surface area contributed by atoms with E-state index >= 15 is 0 Å². The number of nitrogens with one attached hydrogen (secondary N) is 1. The maximum Gasteiger partial charge on any atom is 0.350 e. The number of ether oxygens (including phenoxy) is 1. The molecule has 0 aliphatic carbocycles. The van der Waals surface area contributed by atoms with Crippen LogP contribution in [0.15, 0.2) is 47.4 Å². The molecule has 0 fully saturated rings. The number of methoxy groups -OCH3 is 1. The van der Waals surface area contributed by atoms with Gasteiger partial charge in [-0.1, -0.05) is 17.7 Å². The number of amides is 1. The van der Waals surface area contributed by atoms with Gasteiger partial charge in [0.1, 0.15) is 12.3 Å². The van der Waals surface area contributed by atoms with Crippen molar-refractivity contribution in [1.29, 1.82) is 0 Å². The van der Waals surface area contributed by atoms with E-state index in [0.717, 1.165) is 4.68 Å². The Kier molecular flexibility index (Phi) is 4.03. The number of carbonyl (C=O) groups excluding carboxylic acids is 1. The molecule has 1 N–H and O–H groups in total. The van der Waals surface area contributed by atoms with Crippen molar-refractivity contribution in [2.24, 2.45) is 0 Å². The Morgan fingerprint density at radius 3 is 2.91 bits per heavy atom. The smallest absolute Gasteiger partial charge is 0.350 e. The van der Waals surface area contributed by atoms with E-state index in [4.69, 9.17) is 16.3 Å². The van der Waals surface area contributed by atoms with E-state index in [1.165, 1.54) is 11.5 Å². The maximum absolute atomic E-state index is 12.2. The molecular formula is C15H13ClN4O3. The van der Waals surface area contributed by atoms with Gasteiger partial charge >= 0.3 is 5.69 Å². The molecule has 7 nitrogen and oxygen atoms in total. The fourth-order valence-electron chi connectivity index (χ4n) is 2.17. The fourth-order valence-corrected chi connectivity index (χ4v) is 2.35. The second kappa shape index (κ2) is 6.13. The molecule has 118 valence electrons. The molecule has 1 aromatic carbocycles. The fraction of sp³-hybridized carbons (Fsp3) is 0.133. The molecule has 0 atom stereocenters. The number of aromatic nitrogens is 3. The SMILES string of the molecule is COc1ccc(Cl)cc1NC(=O)Cn1nc2ccccn2c1=O. The molecule has 8 heteroatoms. The van der Waals surface area contributed by atoms with E-state index in [1.807, 2.05) is 0 Å². The van der Waals surface area contributed by atoms with E-state index in [2.05, 4.69) is 10.4 Å². The molecule has 0 unspecified atom stereocenters. The molecule has 0 bridgehead atoms. The van der Waals surface area contributed by atoms with Crippen LogP contribution in [0.3, 0.4) is 0 Å². The van der Waals surface area contributed by atoms with Gasteiger partial charge in [-0.2, -0.15) is 0 Å². The highest BCUT2D eigenvalue weighted by molar-refractivity contribution is 6.31. The van der Waals surface area contributed by atoms with Crippen LogP contribution in [0.1, 0.15) is 0 Å². The van der Waals surface area contributed by atoms with Crippen molar-refractivity contribution in [1.82, 2.24) is 14.2 Å². The molecule has 2 aromatic heterocycles. The summed E-state index contributed by atoms with van der Waals surface area (Å²) in [5.74, 6) is 0.0705. The molecule has 0 saturated heterocycles. The van der Waals surface area contributed by atoms with Crippen molar-refractivity contribution < 1.29 is 9.53 Å². The van der Waals surface area contributed by atoms with E-state index < -0.39 is 5.91 Å².